The first kappa shape index (κ1) is 29.5. The normalized spacial score (nSPS) is 14.7. The maximum Gasteiger partial charge on any atom is 0.870 e. The highest BCUT2D eigenvalue weighted by Gasteiger charge is 2.48. The van der Waals surface area contributed by atoms with Gasteiger partial charge in [-0.3, -0.25) is 19.2 Å². The lowest BCUT2D eigenvalue weighted by Gasteiger charge is -2.24. The Morgan fingerprint density at radius 1 is 0.853 bits per heavy atom. The second-order valence-corrected chi connectivity index (χ2v) is 8.50. The van der Waals surface area contributed by atoms with E-state index in [1.54, 1.807) is 0 Å². The molecule has 0 aromatic heterocycles. The van der Waals surface area contributed by atoms with Gasteiger partial charge in [0, 0.05) is 0 Å². The molecule has 0 spiro atoms. The number of rotatable bonds is 19. The summed E-state index contributed by atoms with van der Waals surface area (Å²) in [4.78, 5) is 49.1. The van der Waals surface area contributed by atoms with Crippen LogP contribution in [0.25, 0.3) is 0 Å². The Kier molecular flexibility index (Phi) is 15.5. The molecule has 34 heavy (non-hydrogen) atoms. The molecule has 0 aliphatic carbocycles. The van der Waals surface area contributed by atoms with Crippen molar-refractivity contribution in [2.45, 2.75) is 89.9 Å². The molecule has 1 aliphatic rings. The second kappa shape index (κ2) is 17.8. The largest absolute Gasteiger partial charge is 0.870 e. The van der Waals surface area contributed by atoms with Crippen molar-refractivity contribution in [3.8, 4) is 0 Å². The summed E-state index contributed by atoms with van der Waals surface area (Å²) in [7, 11) is -0.600. The number of carbonyl (C=O) groups is 4. The van der Waals surface area contributed by atoms with Gasteiger partial charge in [0.25, 0.3) is 0 Å². The van der Waals surface area contributed by atoms with Gasteiger partial charge < -0.3 is 18.7 Å². The zero-order chi connectivity index (χ0) is 25.2. The second-order valence-electron chi connectivity index (χ2n) is 8.50. The number of carbonyl (C=O) groups excluding carboxylic acids is 4. The average Bonchev–Trinajstić information content (AvgIpc) is 2.81. The van der Waals surface area contributed by atoms with E-state index in [-0.39, 0.29) is 6.42 Å². The molecule has 0 saturated carbocycles. The van der Waals surface area contributed by atoms with Crippen molar-refractivity contribution >= 4 is 31.2 Å². The predicted octanol–water partition coefficient (Wildman–Crippen LogP) is 4.85. The molecule has 0 radical (unpaired) electrons. The maximum absolute atomic E-state index is 12.5. The summed E-state index contributed by atoms with van der Waals surface area (Å²) < 4.78 is 19.7. The van der Waals surface area contributed by atoms with E-state index in [1.165, 1.54) is 7.11 Å². The first-order chi connectivity index (χ1) is 16.4. The average molecular weight is 478 g/mol. The van der Waals surface area contributed by atoms with E-state index in [2.05, 4.69) is 13.2 Å². The molecule has 8 nitrogen and oxygen atoms in total. The van der Waals surface area contributed by atoms with Crippen LogP contribution in [0.5, 0.6) is 0 Å². The molecule has 1 aliphatic heterocycles. The van der Waals surface area contributed by atoms with Gasteiger partial charge in [0.05, 0.1) is 7.11 Å². The number of hydrogen-bond donors (Lipinski definition) is 0. The van der Waals surface area contributed by atoms with Crippen LogP contribution in [0.2, 0.25) is 0 Å². The van der Waals surface area contributed by atoms with Crippen molar-refractivity contribution in [1.82, 2.24) is 0 Å². The van der Waals surface area contributed by atoms with Gasteiger partial charge in [0.2, 0.25) is 0 Å². The fraction of sp³-hybridized carbons (Fsp3) is 0.680. The highest BCUT2D eigenvalue weighted by atomic mass is 16.8. The molecule has 0 aromatic rings. The Morgan fingerprint density at radius 2 is 1.35 bits per heavy atom. The third-order valence-corrected chi connectivity index (χ3v) is 5.78. The van der Waals surface area contributed by atoms with Crippen LogP contribution in [-0.4, -0.2) is 38.3 Å². The summed E-state index contributed by atoms with van der Waals surface area (Å²) in [6.45, 7) is 7.37. The van der Waals surface area contributed by atoms with E-state index < -0.39 is 43.0 Å². The highest BCUT2D eigenvalue weighted by molar-refractivity contribution is 6.46. The van der Waals surface area contributed by atoms with E-state index in [0.29, 0.717) is 19.3 Å². The first-order valence-electron chi connectivity index (χ1n) is 12.4. The van der Waals surface area contributed by atoms with Gasteiger partial charge in [0.15, 0.2) is 11.8 Å². The zero-order valence-electron chi connectivity index (χ0n) is 20.5. The van der Waals surface area contributed by atoms with Crippen molar-refractivity contribution in [2.75, 3.05) is 7.11 Å². The van der Waals surface area contributed by atoms with Crippen molar-refractivity contribution in [1.29, 1.82) is 0 Å². The van der Waals surface area contributed by atoms with Crippen LogP contribution in [0.1, 0.15) is 89.9 Å². The predicted molar refractivity (Wildman–Crippen MR) is 128 cm³/mol. The van der Waals surface area contributed by atoms with E-state index in [0.717, 1.165) is 64.2 Å². The summed E-state index contributed by atoms with van der Waals surface area (Å²) >= 11 is 0. The Labute approximate surface area is 203 Å². The van der Waals surface area contributed by atoms with Gasteiger partial charge >= 0.3 is 31.2 Å². The lowest BCUT2D eigenvalue weighted by atomic mass is 9.96. The van der Waals surface area contributed by atoms with Crippen molar-refractivity contribution < 1.29 is 37.9 Å². The van der Waals surface area contributed by atoms with Crippen LogP contribution >= 0.6 is 0 Å². The van der Waals surface area contributed by atoms with Gasteiger partial charge in [-0.25, -0.2) is 0 Å². The molecular formula is C25H39BO8. The number of ether oxygens (including phenoxy) is 1. The Morgan fingerprint density at radius 3 is 1.88 bits per heavy atom. The summed E-state index contributed by atoms with van der Waals surface area (Å²) in [5.41, 5.74) is 0. The smallest absolute Gasteiger partial charge is 0.468 e. The summed E-state index contributed by atoms with van der Waals surface area (Å²) in [5, 5.41) is 0. The van der Waals surface area contributed by atoms with Crippen LogP contribution in [-0.2, 0) is 37.9 Å². The molecule has 0 aromatic carbocycles. The summed E-state index contributed by atoms with van der Waals surface area (Å²) in [5.74, 6) is -5.45. The van der Waals surface area contributed by atoms with Gasteiger partial charge in [-0.1, -0.05) is 63.5 Å². The minimum atomic E-state index is -1.78. The monoisotopic (exact) mass is 478 g/mol. The lowest BCUT2D eigenvalue weighted by molar-refractivity contribution is -0.166. The van der Waals surface area contributed by atoms with Crippen LogP contribution in [0.15, 0.2) is 25.3 Å². The number of unbranched alkanes of at least 4 members (excludes halogenated alkanes) is 10. The van der Waals surface area contributed by atoms with E-state index in [9.17, 15) is 19.2 Å². The summed E-state index contributed by atoms with van der Waals surface area (Å²) in [6, 6.07) is 0. The van der Waals surface area contributed by atoms with Gasteiger partial charge in [0.1, 0.15) is 0 Å². The van der Waals surface area contributed by atoms with Gasteiger partial charge in [-0.2, -0.15) is 0 Å². The highest BCUT2D eigenvalue weighted by Crippen LogP contribution is 2.22. The van der Waals surface area contributed by atoms with E-state index in [4.69, 9.17) is 18.7 Å². The van der Waals surface area contributed by atoms with E-state index in [1.807, 2.05) is 12.2 Å². The van der Waals surface area contributed by atoms with E-state index >= 15 is 0 Å². The third kappa shape index (κ3) is 11.5. The SMILES string of the molecule is C=CCCCCCCCC(C(=O)OC)C(=O)OB1OC(=O)C(CCCCCCCC=C)C(=O)O1. The van der Waals surface area contributed by atoms with Crippen molar-refractivity contribution in [3.05, 3.63) is 25.3 Å². The maximum atomic E-state index is 12.5. The Hall–Kier alpha value is -2.58. The number of methoxy groups -OCH3 is 1. The molecule has 1 rings (SSSR count). The number of allylic oxidation sites excluding steroid dienone is 2. The zero-order valence-corrected chi connectivity index (χ0v) is 20.5. The Balaban J connectivity index is 2.43. The Bertz CT molecular complexity index is 660. The van der Waals surface area contributed by atoms with Gasteiger partial charge in [-0.15, -0.1) is 13.2 Å². The third-order valence-electron chi connectivity index (χ3n) is 5.78. The van der Waals surface area contributed by atoms with Crippen LogP contribution in [0.3, 0.4) is 0 Å². The molecule has 0 bridgehead atoms. The molecule has 9 heteroatoms. The fourth-order valence-corrected chi connectivity index (χ4v) is 3.74. The molecule has 1 saturated heterocycles. The van der Waals surface area contributed by atoms with Gasteiger partial charge in [-0.05, 0) is 38.5 Å². The van der Waals surface area contributed by atoms with Crippen LogP contribution < -0.4 is 0 Å². The molecule has 190 valence electrons. The topological polar surface area (TPSA) is 105 Å². The number of esters is 1. The molecule has 1 fully saturated rings. The van der Waals surface area contributed by atoms with Crippen LogP contribution in [0, 0.1) is 11.8 Å². The molecule has 0 amide bonds. The molecule has 0 N–H and O–H groups in total. The minimum Gasteiger partial charge on any atom is -0.468 e. The molecule has 1 heterocycles. The quantitative estimate of drug-likeness (QED) is 0.0853. The van der Waals surface area contributed by atoms with Crippen molar-refractivity contribution in [3.63, 3.8) is 0 Å². The summed E-state index contributed by atoms with van der Waals surface area (Å²) in [6.07, 6.45) is 15.5. The van der Waals surface area contributed by atoms with Crippen molar-refractivity contribution in [2.24, 2.45) is 11.8 Å². The standard InChI is InChI=1S/C25H39BO8/c1-4-6-8-10-12-14-16-18-20(22(27)31-3)23(28)32-26-33-24(29)21(25(30)34-26)19-17-15-13-11-9-7-5-2/h4-5,20-21H,1-2,6-19H2,3H3. The number of hydrogen-bond acceptors (Lipinski definition) is 8. The van der Waals surface area contributed by atoms with Crippen LogP contribution in [0.4, 0.5) is 0 Å². The minimum absolute atomic E-state index is 0.233. The molecule has 1 atom stereocenters. The molecular weight excluding hydrogens is 439 g/mol. The lowest BCUT2D eigenvalue weighted by Crippen LogP contribution is -2.47. The molecule has 1 unspecified atom stereocenters. The first-order valence-corrected chi connectivity index (χ1v) is 12.4. The fourth-order valence-electron chi connectivity index (χ4n) is 3.74.